The van der Waals surface area contributed by atoms with E-state index >= 15 is 0 Å². The van der Waals surface area contributed by atoms with E-state index in [0.29, 0.717) is 13.2 Å². The molecule has 0 aromatic rings. The molecular weight excluding hydrogens is 182 g/mol. The molecule has 3 N–H and O–H groups in total. The summed E-state index contributed by atoms with van der Waals surface area (Å²) < 4.78 is 5.27. The Morgan fingerprint density at radius 3 is 3.07 bits per heavy atom. The first kappa shape index (κ1) is 11.4. The number of nitrogens with one attached hydrogen (secondary N) is 1. The Hall–Kier alpha value is -0.650. The van der Waals surface area contributed by atoms with Gasteiger partial charge in [-0.2, -0.15) is 0 Å². The second kappa shape index (κ2) is 5.29. The Morgan fingerprint density at radius 2 is 2.50 bits per heavy atom. The topological polar surface area (TPSA) is 67.6 Å². The summed E-state index contributed by atoms with van der Waals surface area (Å²) in [5.41, 5.74) is 5.71. The zero-order chi connectivity index (χ0) is 10.6. The van der Waals surface area contributed by atoms with Gasteiger partial charge < -0.3 is 15.8 Å². The molecule has 82 valence electrons. The number of ether oxygens (including phenoxy) is 1. The van der Waals surface area contributed by atoms with Crippen molar-refractivity contribution in [1.29, 1.82) is 0 Å². The fourth-order valence-corrected chi connectivity index (χ4v) is 1.63. The summed E-state index contributed by atoms with van der Waals surface area (Å²) in [6.07, 6.45) is 0. The van der Waals surface area contributed by atoms with Crippen LogP contribution in [0.3, 0.4) is 0 Å². The molecule has 5 nitrogen and oxygen atoms in total. The molecule has 0 spiro atoms. The third-order valence-electron chi connectivity index (χ3n) is 2.31. The Morgan fingerprint density at radius 1 is 1.79 bits per heavy atom. The fraction of sp³-hybridized carbons (Fsp3) is 0.889. The van der Waals surface area contributed by atoms with Gasteiger partial charge in [0.2, 0.25) is 5.91 Å². The van der Waals surface area contributed by atoms with Crippen LogP contribution < -0.4 is 11.1 Å². The molecule has 5 heteroatoms. The van der Waals surface area contributed by atoms with E-state index in [4.69, 9.17) is 10.5 Å². The van der Waals surface area contributed by atoms with E-state index in [9.17, 15) is 4.79 Å². The van der Waals surface area contributed by atoms with Crippen molar-refractivity contribution in [3.8, 4) is 0 Å². The van der Waals surface area contributed by atoms with Gasteiger partial charge in [-0.3, -0.25) is 9.69 Å². The zero-order valence-electron chi connectivity index (χ0n) is 8.82. The maximum absolute atomic E-state index is 11.5. The summed E-state index contributed by atoms with van der Waals surface area (Å²) in [6, 6.07) is -0.0972. The summed E-state index contributed by atoms with van der Waals surface area (Å²) in [5.74, 6) is 0.00495. The summed E-state index contributed by atoms with van der Waals surface area (Å²) in [5, 5.41) is 2.64. The third-order valence-corrected chi connectivity index (χ3v) is 2.31. The quantitative estimate of drug-likeness (QED) is 0.600. The lowest BCUT2D eigenvalue weighted by molar-refractivity contribution is -0.132. The molecule has 2 atom stereocenters. The first-order valence-electron chi connectivity index (χ1n) is 4.94. The largest absolute Gasteiger partial charge is 0.378 e. The highest BCUT2D eigenvalue weighted by atomic mass is 16.5. The summed E-state index contributed by atoms with van der Waals surface area (Å²) >= 11 is 0. The Kier molecular flexibility index (Phi) is 4.31. The van der Waals surface area contributed by atoms with Crippen LogP contribution in [-0.4, -0.2) is 56.2 Å². The maximum atomic E-state index is 11.5. The minimum absolute atomic E-state index is 0.00495. The number of nitrogens with two attached hydrogens (primary N) is 1. The monoisotopic (exact) mass is 201 g/mol. The lowest BCUT2D eigenvalue weighted by Crippen LogP contribution is -2.55. The van der Waals surface area contributed by atoms with Gasteiger partial charge in [0.15, 0.2) is 0 Å². The van der Waals surface area contributed by atoms with Gasteiger partial charge in [-0.25, -0.2) is 0 Å². The van der Waals surface area contributed by atoms with E-state index in [1.54, 1.807) is 7.05 Å². The maximum Gasteiger partial charge on any atom is 0.239 e. The fourth-order valence-electron chi connectivity index (χ4n) is 1.63. The first-order valence-corrected chi connectivity index (χ1v) is 4.94. The molecular formula is C9H19N3O2. The molecule has 1 heterocycles. The number of morpholine rings is 1. The number of hydrogen-bond acceptors (Lipinski definition) is 4. The molecule has 1 aliphatic heterocycles. The number of rotatable bonds is 3. The molecule has 1 saturated heterocycles. The molecule has 0 saturated carbocycles. The Balaban J connectivity index is 2.54. The van der Waals surface area contributed by atoms with Gasteiger partial charge in [0.1, 0.15) is 6.04 Å². The first-order chi connectivity index (χ1) is 6.65. The SMILES string of the molecule is CNC(=O)C1COCCN1CC(C)N. The van der Waals surface area contributed by atoms with Crippen molar-refractivity contribution in [2.24, 2.45) is 5.73 Å². The predicted octanol–water partition coefficient (Wildman–Crippen LogP) is -1.22. The molecule has 0 bridgehead atoms. The lowest BCUT2D eigenvalue weighted by Gasteiger charge is -2.35. The van der Waals surface area contributed by atoms with E-state index in [1.165, 1.54) is 0 Å². The minimum Gasteiger partial charge on any atom is -0.378 e. The van der Waals surface area contributed by atoms with Crippen LogP contribution in [-0.2, 0) is 9.53 Å². The van der Waals surface area contributed by atoms with Crippen molar-refractivity contribution in [3.63, 3.8) is 0 Å². The third kappa shape index (κ3) is 2.94. The number of nitrogens with zero attached hydrogens (tertiary/aromatic N) is 1. The number of amides is 1. The lowest BCUT2D eigenvalue weighted by atomic mass is 10.2. The molecule has 14 heavy (non-hydrogen) atoms. The second-order valence-corrected chi connectivity index (χ2v) is 3.68. The standard InChI is InChI=1S/C9H19N3O2/c1-7(10)5-12-3-4-14-6-8(12)9(13)11-2/h7-8H,3-6,10H2,1-2H3,(H,11,13). The van der Waals surface area contributed by atoms with Crippen molar-refractivity contribution in [1.82, 2.24) is 10.2 Å². The Labute approximate surface area is 84.6 Å². The van der Waals surface area contributed by atoms with E-state index in [-0.39, 0.29) is 18.0 Å². The molecule has 0 radical (unpaired) electrons. The van der Waals surface area contributed by atoms with Crippen LogP contribution in [0.2, 0.25) is 0 Å². The van der Waals surface area contributed by atoms with Crippen molar-refractivity contribution in [2.75, 3.05) is 33.4 Å². The van der Waals surface area contributed by atoms with E-state index in [2.05, 4.69) is 10.2 Å². The smallest absolute Gasteiger partial charge is 0.239 e. The normalized spacial score (nSPS) is 25.8. The van der Waals surface area contributed by atoms with Crippen molar-refractivity contribution < 1.29 is 9.53 Å². The highest BCUT2D eigenvalue weighted by Crippen LogP contribution is 2.07. The molecule has 0 aliphatic carbocycles. The van der Waals surface area contributed by atoms with Crippen LogP contribution in [0.15, 0.2) is 0 Å². The average molecular weight is 201 g/mol. The molecule has 1 amide bonds. The molecule has 0 aromatic carbocycles. The van der Waals surface area contributed by atoms with E-state index < -0.39 is 0 Å². The second-order valence-electron chi connectivity index (χ2n) is 3.68. The van der Waals surface area contributed by atoms with E-state index in [0.717, 1.165) is 13.1 Å². The highest BCUT2D eigenvalue weighted by molar-refractivity contribution is 5.81. The van der Waals surface area contributed by atoms with Gasteiger partial charge in [0.05, 0.1) is 13.2 Å². The molecule has 2 unspecified atom stereocenters. The van der Waals surface area contributed by atoms with Crippen LogP contribution in [0, 0.1) is 0 Å². The van der Waals surface area contributed by atoms with Crippen molar-refractivity contribution in [3.05, 3.63) is 0 Å². The van der Waals surface area contributed by atoms with Crippen LogP contribution in [0.1, 0.15) is 6.92 Å². The Bertz CT molecular complexity index is 196. The van der Waals surface area contributed by atoms with Crippen LogP contribution in [0.25, 0.3) is 0 Å². The van der Waals surface area contributed by atoms with Gasteiger partial charge in [-0.1, -0.05) is 0 Å². The molecule has 1 rings (SSSR count). The minimum atomic E-state index is -0.181. The van der Waals surface area contributed by atoms with Gasteiger partial charge in [0, 0.05) is 26.2 Å². The summed E-state index contributed by atoms with van der Waals surface area (Å²) in [4.78, 5) is 13.6. The number of likely N-dealkylation sites (N-methyl/N-ethyl adjacent to an activating group) is 1. The predicted molar refractivity (Wildman–Crippen MR) is 53.9 cm³/mol. The van der Waals surface area contributed by atoms with Crippen molar-refractivity contribution >= 4 is 5.91 Å². The van der Waals surface area contributed by atoms with Gasteiger partial charge in [-0.15, -0.1) is 0 Å². The number of hydrogen-bond donors (Lipinski definition) is 2. The summed E-state index contributed by atoms with van der Waals surface area (Å²) in [7, 11) is 1.64. The number of carbonyl (C=O) groups is 1. The molecule has 1 aliphatic rings. The number of carbonyl (C=O) groups excluding carboxylic acids is 1. The molecule has 1 fully saturated rings. The van der Waals surface area contributed by atoms with Crippen LogP contribution in [0.4, 0.5) is 0 Å². The van der Waals surface area contributed by atoms with Gasteiger partial charge >= 0.3 is 0 Å². The summed E-state index contributed by atoms with van der Waals surface area (Å²) in [6.45, 7) is 4.60. The van der Waals surface area contributed by atoms with Crippen LogP contribution in [0.5, 0.6) is 0 Å². The zero-order valence-corrected chi connectivity index (χ0v) is 8.82. The van der Waals surface area contributed by atoms with Crippen LogP contribution >= 0.6 is 0 Å². The van der Waals surface area contributed by atoms with Gasteiger partial charge in [0.25, 0.3) is 0 Å². The van der Waals surface area contributed by atoms with E-state index in [1.807, 2.05) is 6.92 Å². The average Bonchev–Trinajstić information content (AvgIpc) is 2.16. The van der Waals surface area contributed by atoms with Crippen molar-refractivity contribution in [2.45, 2.75) is 19.0 Å². The highest BCUT2D eigenvalue weighted by Gasteiger charge is 2.28. The van der Waals surface area contributed by atoms with Gasteiger partial charge in [-0.05, 0) is 6.92 Å². The molecule has 0 aromatic heterocycles.